The molecule has 0 radical (unpaired) electrons. The van der Waals surface area contributed by atoms with E-state index < -0.39 is 11.9 Å². The second kappa shape index (κ2) is 53.7. The first-order chi connectivity index (χ1) is 39.8. The van der Waals surface area contributed by atoms with Crippen LogP contribution in [0.4, 0.5) is 11.4 Å². The van der Waals surface area contributed by atoms with Gasteiger partial charge in [0, 0.05) is 29.7 Å². The Morgan fingerprint density at radius 1 is 0.506 bits per heavy atom. The van der Waals surface area contributed by atoms with Crippen LogP contribution < -0.4 is 15.7 Å². The number of carbonyl (C=O) groups is 4. The number of nitrogens with zero attached hydrogens (tertiary/aromatic N) is 1. The molecule has 0 aromatic heterocycles. The molecule has 3 unspecified atom stereocenters. The predicted octanol–water partition coefficient (Wildman–Crippen LogP) is 19.5. The van der Waals surface area contributed by atoms with Crippen LogP contribution in [0.2, 0.25) is 0 Å². The largest absolute Gasteiger partial charge is 0.550 e. The molecule has 1 saturated heterocycles. The number of para-hydroxylation sites is 2. The Kier molecular flexibility index (Phi) is 50.5. The summed E-state index contributed by atoms with van der Waals surface area (Å²) in [6, 6.07) is 12.4. The number of hydrogen-bond acceptors (Lipinski definition) is 6. The molecule has 1 heterocycles. The van der Waals surface area contributed by atoms with Gasteiger partial charge in [-0.15, -0.1) is 12.4 Å². The lowest BCUT2D eigenvalue weighted by Gasteiger charge is -2.34. The van der Waals surface area contributed by atoms with Gasteiger partial charge in [0.25, 0.3) is 0 Å². The van der Waals surface area contributed by atoms with E-state index in [1.165, 1.54) is 109 Å². The summed E-state index contributed by atoms with van der Waals surface area (Å²) in [6.07, 6.45) is 60.5. The third-order valence-electron chi connectivity index (χ3n) is 15.4. The highest BCUT2D eigenvalue weighted by atomic mass is 35.5. The Morgan fingerprint density at radius 2 is 0.904 bits per heavy atom. The van der Waals surface area contributed by atoms with Crippen LogP contribution in [0, 0.1) is 39.5 Å². The normalized spacial score (nSPS) is 16.3. The molecule has 10 heteroatoms. The SMILES string of the molecule is CCCCC/C=C\C/C=C\C/C=C\CCCCC(=O)O.CCCCC/C=C\C/C=C\C/C=C\CCCCC(=O)[O-].CCCCC1CCCCC1C(=O)Nc1c(C)cccc1C.CCCCN1CCCCC1C(=O)Nc1c(C)cccc1C.Cl. The van der Waals surface area contributed by atoms with Crippen molar-refractivity contribution in [3.8, 4) is 0 Å². The van der Waals surface area contributed by atoms with Crippen LogP contribution in [0.25, 0.3) is 0 Å². The highest BCUT2D eigenvalue weighted by molar-refractivity contribution is 5.96. The average molecular weight is 1170 g/mol. The van der Waals surface area contributed by atoms with Crippen LogP contribution in [0.15, 0.2) is 109 Å². The van der Waals surface area contributed by atoms with E-state index in [-0.39, 0.29) is 42.6 Å². The molecule has 9 nitrogen and oxygen atoms in total. The van der Waals surface area contributed by atoms with Crippen molar-refractivity contribution in [1.29, 1.82) is 0 Å². The lowest BCUT2D eigenvalue weighted by atomic mass is 9.76. The van der Waals surface area contributed by atoms with Crippen LogP contribution >= 0.6 is 12.4 Å². The average Bonchev–Trinajstić information content (AvgIpc) is 3.65. The molecule has 2 aromatic carbocycles. The lowest BCUT2D eigenvalue weighted by molar-refractivity contribution is -0.305. The number of likely N-dealkylation sites (tertiary alicyclic amines) is 1. The fourth-order valence-electron chi connectivity index (χ4n) is 10.4. The summed E-state index contributed by atoms with van der Waals surface area (Å²) in [7, 11) is 0. The minimum atomic E-state index is -0.945. The number of aryl methyl sites for hydroxylation is 4. The van der Waals surface area contributed by atoms with Crippen LogP contribution in [0.1, 0.15) is 255 Å². The van der Waals surface area contributed by atoms with E-state index in [0.29, 0.717) is 18.8 Å². The van der Waals surface area contributed by atoms with E-state index in [0.717, 1.165) is 124 Å². The Hall–Kier alpha value is -4.99. The van der Waals surface area contributed by atoms with Crippen molar-refractivity contribution >= 4 is 47.5 Å². The van der Waals surface area contributed by atoms with Crippen molar-refractivity contribution in [3.05, 3.63) is 132 Å². The molecule has 4 rings (SSSR count). The molecule has 1 saturated carbocycles. The number of carboxylic acids is 2. The van der Waals surface area contributed by atoms with E-state index in [2.05, 4.69) is 168 Å². The second-order valence-corrected chi connectivity index (χ2v) is 22.7. The number of benzene rings is 2. The van der Waals surface area contributed by atoms with Crippen LogP contribution in [0.5, 0.6) is 0 Å². The molecular weight excluding hydrogens is 1050 g/mol. The summed E-state index contributed by atoms with van der Waals surface area (Å²) >= 11 is 0. The fraction of sp³-hybridized carbons (Fsp3) is 0.616. The molecule has 2 aliphatic rings. The summed E-state index contributed by atoms with van der Waals surface area (Å²) in [5.41, 5.74) is 6.60. The second-order valence-electron chi connectivity index (χ2n) is 22.7. The number of hydrogen-bond donors (Lipinski definition) is 3. The minimum Gasteiger partial charge on any atom is -0.550 e. The number of allylic oxidation sites excluding steroid dienone is 12. The summed E-state index contributed by atoms with van der Waals surface area (Å²) in [5, 5.41) is 25.1. The molecule has 2 aromatic rings. The van der Waals surface area contributed by atoms with Gasteiger partial charge in [-0.2, -0.15) is 0 Å². The number of rotatable bonds is 36. The number of nitrogens with one attached hydrogen (secondary N) is 2. The summed E-state index contributed by atoms with van der Waals surface area (Å²) < 4.78 is 0. The molecule has 1 aliphatic carbocycles. The third kappa shape index (κ3) is 40.8. The maximum absolute atomic E-state index is 12.7. The smallest absolute Gasteiger partial charge is 0.303 e. The topological polar surface area (TPSA) is 139 Å². The number of carbonyl (C=O) groups excluding carboxylic acids is 3. The number of piperidine rings is 1. The number of amides is 2. The number of aliphatic carboxylic acids is 2. The highest BCUT2D eigenvalue weighted by Gasteiger charge is 2.31. The molecule has 0 spiro atoms. The van der Waals surface area contributed by atoms with Gasteiger partial charge in [0.1, 0.15) is 0 Å². The molecule has 2 fully saturated rings. The van der Waals surface area contributed by atoms with Gasteiger partial charge < -0.3 is 25.6 Å². The van der Waals surface area contributed by atoms with Crippen molar-refractivity contribution in [2.45, 2.75) is 267 Å². The Labute approximate surface area is 513 Å². The monoisotopic (exact) mass is 1170 g/mol. The van der Waals surface area contributed by atoms with Gasteiger partial charge in [-0.3, -0.25) is 19.3 Å². The van der Waals surface area contributed by atoms with Gasteiger partial charge in [-0.25, -0.2) is 0 Å². The molecule has 3 N–H and O–H groups in total. The van der Waals surface area contributed by atoms with Gasteiger partial charge in [0.15, 0.2) is 0 Å². The Morgan fingerprint density at radius 3 is 1.34 bits per heavy atom. The number of halogens is 1. The lowest BCUT2D eigenvalue weighted by Crippen LogP contribution is -2.47. The van der Waals surface area contributed by atoms with E-state index in [9.17, 15) is 24.3 Å². The maximum atomic E-state index is 12.7. The number of carboxylic acid groups (broad SMARTS) is 2. The van der Waals surface area contributed by atoms with Crippen molar-refractivity contribution in [2.24, 2.45) is 11.8 Å². The summed E-state index contributed by atoms with van der Waals surface area (Å²) in [5.74, 6) is -0.428. The predicted molar refractivity (Wildman–Crippen MR) is 357 cm³/mol. The van der Waals surface area contributed by atoms with E-state index >= 15 is 0 Å². The molecule has 83 heavy (non-hydrogen) atoms. The van der Waals surface area contributed by atoms with Gasteiger partial charge in [0.2, 0.25) is 11.8 Å². The van der Waals surface area contributed by atoms with E-state index in [1.54, 1.807) is 0 Å². The van der Waals surface area contributed by atoms with Crippen LogP contribution in [-0.4, -0.2) is 52.9 Å². The minimum absolute atomic E-state index is 0. The quantitative estimate of drug-likeness (QED) is 0.0456. The van der Waals surface area contributed by atoms with E-state index in [4.69, 9.17) is 5.11 Å². The van der Waals surface area contributed by atoms with Gasteiger partial charge >= 0.3 is 5.97 Å². The number of anilines is 2. The van der Waals surface area contributed by atoms with E-state index in [1.807, 2.05) is 12.1 Å². The van der Waals surface area contributed by atoms with Crippen LogP contribution in [-0.2, 0) is 19.2 Å². The molecule has 3 atom stereocenters. The summed E-state index contributed by atoms with van der Waals surface area (Å²) in [6.45, 7) is 19.2. The molecule has 468 valence electrons. The van der Waals surface area contributed by atoms with Gasteiger partial charge in [-0.1, -0.05) is 201 Å². The third-order valence-corrected chi connectivity index (χ3v) is 15.4. The van der Waals surface area contributed by atoms with Crippen molar-refractivity contribution < 1.29 is 29.4 Å². The molecule has 2 amide bonds. The maximum Gasteiger partial charge on any atom is 0.303 e. The Balaban J connectivity index is 0.00000108. The summed E-state index contributed by atoms with van der Waals surface area (Å²) in [4.78, 5) is 48.3. The van der Waals surface area contributed by atoms with Crippen molar-refractivity contribution in [3.63, 3.8) is 0 Å². The number of unbranched alkanes of at least 4 members (excludes halogenated alkanes) is 12. The zero-order chi connectivity index (χ0) is 60.3. The first-order valence-electron chi connectivity index (χ1n) is 32.6. The zero-order valence-electron chi connectivity index (χ0n) is 53.5. The fourth-order valence-corrected chi connectivity index (χ4v) is 10.4. The first kappa shape index (κ1) is 78.0. The molecule has 0 bridgehead atoms. The molecule has 1 aliphatic heterocycles. The van der Waals surface area contributed by atoms with Gasteiger partial charge in [-0.05, 0) is 204 Å². The van der Waals surface area contributed by atoms with Crippen molar-refractivity contribution in [1.82, 2.24) is 4.90 Å². The first-order valence-corrected chi connectivity index (χ1v) is 32.6. The van der Waals surface area contributed by atoms with Crippen LogP contribution in [0.3, 0.4) is 0 Å². The Bertz CT molecular complexity index is 1980. The van der Waals surface area contributed by atoms with Crippen molar-refractivity contribution in [2.75, 3.05) is 23.7 Å². The molecular formula is C73H117ClN3O6-. The highest BCUT2D eigenvalue weighted by Crippen LogP contribution is 2.35. The zero-order valence-corrected chi connectivity index (χ0v) is 54.3. The standard InChI is InChI=1S/C19H29NO.C18H28N2O.2C18H30O2.ClH/c1-4-5-11-16-12-6-7-13-17(16)19(21)20-18-14(2)9-8-10-15(18)3;1-4-5-12-20-13-7-6-11-16(20)18(21)19-17-14(2)9-8-10-15(17)3;2*1-2-3-4-5-6-7-8-9-10-11-12-13-14-15-16-17-18(19)20;/h8-10,16-17H,4-7,11-13H2,1-3H3,(H,20,21);8-10,16H,4-7,11-13H2,1-3H3,(H,19,21);2*6-7,9-10,12-13H,2-5,8,11,14-17H2,1H3,(H,19,20);1H/p-1/b;;2*7-6-,10-9-,13-12-;. The van der Waals surface area contributed by atoms with Gasteiger partial charge in [0.05, 0.1) is 6.04 Å².